The molecule has 1 aromatic rings. The highest BCUT2D eigenvalue weighted by atomic mass is 16.8. The van der Waals surface area contributed by atoms with E-state index in [1.165, 1.54) is 0 Å². The molecule has 5 fully saturated rings. The van der Waals surface area contributed by atoms with Crippen LogP contribution in [0.4, 0.5) is 0 Å². The van der Waals surface area contributed by atoms with Crippen molar-refractivity contribution in [2.24, 2.45) is 5.92 Å². The zero-order chi connectivity index (χ0) is 28.9. The largest absolute Gasteiger partial charge is 0.396 e. The average molecular weight is 577 g/mol. The molecule has 0 aromatic heterocycles. The Morgan fingerprint density at radius 3 is 2.51 bits per heavy atom. The van der Waals surface area contributed by atoms with Crippen LogP contribution in [0.2, 0.25) is 0 Å². The van der Waals surface area contributed by atoms with E-state index in [-0.39, 0.29) is 30.3 Å². The second-order valence-electron chi connectivity index (χ2n) is 13.7. The van der Waals surface area contributed by atoms with Gasteiger partial charge in [0.25, 0.3) is 0 Å². The first-order chi connectivity index (χ1) is 19.6. The van der Waals surface area contributed by atoms with E-state index in [2.05, 4.69) is 6.92 Å². The highest BCUT2D eigenvalue weighted by Gasteiger charge is 2.61. The van der Waals surface area contributed by atoms with Crippen LogP contribution >= 0.6 is 0 Å². The van der Waals surface area contributed by atoms with Crippen LogP contribution in [0.1, 0.15) is 84.1 Å². The van der Waals surface area contributed by atoms with Crippen LogP contribution in [-0.2, 0) is 35.0 Å². The van der Waals surface area contributed by atoms with Crippen LogP contribution in [0.25, 0.3) is 0 Å². The predicted octanol–water partition coefficient (Wildman–Crippen LogP) is 3.60. The van der Waals surface area contributed by atoms with E-state index in [9.17, 15) is 15.3 Å². The van der Waals surface area contributed by atoms with E-state index < -0.39 is 41.6 Å². The van der Waals surface area contributed by atoms with Crippen molar-refractivity contribution in [2.75, 3.05) is 13.2 Å². The summed E-state index contributed by atoms with van der Waals surface area (Å²) in [6, 6.07) is 10.0. The van der Waals surface area contributed by atoms with Gasteiger partial charge in [-0.05, 0) is 45.1 Å². The molecule has 5 aliphatic heterocycles. The fourth-order valence-electron chi connectivity index (χ4n) is 7.84. The van der Waals surface area contributed by atoms with Gasteiger partial charge in [0, 0.05) is 44.6 Å². The van der Waals surface area contributed by atoms with E-state index in [4.69, 9.17) is 28.4 Å². The third-order valence-corrected chi connectivity index (χ3v) is 10.1. The Labute approximate surface area is 243 Å². The quantitative estimate of drug-likeness (QED) is 0.427. The molecule has 230 valence electrons. The van der Waals surface area contributed by atoms with E-state index in [1.807, 2.05) is 44.2 Å². The molecule has 0 aliphatic carbocycles. The number of hydrogen-bond acceptors (Lipinski definition) is 9. The maximum atomic E-state index is 11.4. The molecule has 2 bridgehead atoms. The monoisotopic (exact) mass is 576 g/mol. The first-order valence-corrected chi connectivity index (χ1v) is 15.6. The zero-order valence-corrected chi connectivity index (χ0v) is 24.7. The second kappa shape index (κ2) is 11.4. The molecular formula is C32H48O9. The Hall–Kier alpha value is -1.14. The number of hydrogen-bond donors (Lipinski definition) is 3. The molecular weight excluding hydrogens is 528 g/mol. The van der Waals surface area contributed by atoms with E-state index in [0.717, 1.165) is 31.2 Å². The van der Waals surface area contributed by atoms with Gasteiger partial charge in [-0.2, -0.15) is 0 Å². The van der Waals surface area contributed by atoms with Gasteiger partial charge in [-0.1, -0.05) is 37.3 Å². The summed E-state index contributed by atoms with van der Waals surface area (Å²) >= 11 is 0. The van der Waals surface area contributed by atoms with Crippen molar-refractivity contribution in [3.05, 3.63) is 35.9 Å². The van der Waals surface area contributed by atoms with Gasteiger partial charge in [0.1, 0.15) is 18.8 Å². The molecule has 5 saturated heterocycles. The summed E-state index contributed by atoms with van der Waals surface area (Å²) in [5.41, 5.74) is -0.223. The van der Waals surface area contributed by atoms with Crippen molar-refractivity contribution >= 4 is 0 Å². The van der Waals surface area contributed by atoms with Crippen molar-refractivity contribution in [3.8, 4) is 0 Å². The van der Waals surface area contributed by atoms with Crippen molar-refractivity contribution in [2.45, 2.75) is 145 Å². The Bertz CT molecular complexity index is 1040. The summed E-state index contributed by atoms with van der Waals surface area (Å²) < 4.78 is 38.9. The van der Waals surface area contributed by atoms with Crippen LogP contribution in [0.3, 0.4) is 0 Å². The van der Waals surface area contributed by atoms with E-state index in [1.54, 1.807) is 0 Å². The standard InChI is InChI=1S/C32H48O9/c1-21(18-33)25-10-7-12-31(37-25)13-11-23(34)28(40-31)30(3)16-24(35)27(39-30)26-17-29(2)14-15-32(38-26,41-29)20-36-19-22-8-5-4-6-9-22/h4-6,8-9,21,23-28,33-35H,7,10-20H2,1-3H3/t21-,23+,24+,25-,26+,27-,28-,29-,30+,31-,32-/m0/s1. The van der Waals surface area contributed by atoms with Crippen LogP contribution in [-0.4, -0.2) is 87.9 Å². The Morgan fingerprint density at radius 2 is 1.73 bits per heavy atom. The Morgan fingerprint density at radius 1 is 0.927 bits per heavy atom. The molecule has 9 nitrogen and oxygen atoms in total. The topological polar surface area (TPSA) is 116 Å². The van der Waals surface area contributed by atoms with Gasteiger partial charge < -0.3 is 43.7 Å². The molecule has 11 atom stereocenters. The molecule has 0 radical (unpaired) electrons. The van der Waals surface area contributed by atoms with Gasteiger partial charge in [0.05, 0.1) is 42.2 Å². The number of fused-ring (bicyclic) bond motifs is 2. The van der Waals surface area contributed by atoms with Crippen molar-refractivity contribution in [1.29, 1.82) is 0 Å². The lowest BCUT2D eigenvalue weighted by Gasteiger charge is -2.51. The average Bonchev–Trinajstić information content (AvgIpc) is 3.41. The molecule has 41 heavy (non-hydrogen) atoms. The summed E-state index contributed by atoms with van der Waals surface area (Å²) in [6.45, 7) is 6.84. The predicted molar refractivity (Wildman–Crippen MR) is 149 cm³/mol. The Kier molecular flexibility index (Phi) is 8.33. The van der Waals surface area contributed by atoms with Crippen molar-refractivity contribution < 1.29 is 43.7 Å². The summed E-state index contributed by atoms with van der Waals surface area (Å²) in [6.07, 6.45) is 2.91. The van der Waals surface area contributed by atoms with Gasteiger partial charge in [0.2, 0.25) is 0 Å². The SMILES string of the molecule is C[C@@H](CO)[C@@H]1CCC[C@]2(CC[C@@H](O)[C@@H]([C@@]3(C)C[C@@H](O)[C@@H]([C@H]4C[C@]5(C)CC[C@](COCc6ccccc6)(O4)O5)O3)O2)O1. The fourth-order valence-corrected chi connectivity index (χ4v) is 7.84. The fraction of sp³-hybridized carbons (Fsp3) is 0.812. The van der Waals surface area contributed by atoms with E-state index >= 15 is 0 Å². The number of aliphatic hydroxyl groups excluding tert-OH is 3. The lowest BCUT2D eigenvalue weighted by molar-refractivity contribution is -0.364. The minimum Gasteiger partial charge on any atom is -0.396 e. The smallest absolute Gasteiger partial charge is 0.192 e. The zero-order valence-electron chi connectivity index (χ0n) is 24.7. The summed E-state index contributed by atoms with van der Waals surface area (Å²) in [4.78, 5) is 0. The maximum absolute atomic E-state index is 11.4. The molecule has 3 N–H and O–H groups in total. The lowest BCUT2D eigenvalue weighted by atomic mass is 9.83. The molecule has 0 unspecified atom stereocenters. The highest BCUT2D eigenvalue weighted by Crippen LogP contribution is 2.52. The maximum Gasteiger partial charge on any atom is 0.192 e. The van der Waals surface area contributed by atoms with Gasteiger partial charge >= 0.3 is 0 Å². The van der Waals surface area contributed by atoms with Gasteiger partial charge in [0.15, 0.2) is 11.6 Å². The minimum absolute atomic E-state index is 0.0111. The minimum atomic E-state index is -0.922. The lowest BCUT2D eigenvalue weighted by Crippen LogP contribution is -2.60. The molecule has 0 amide bonds. The van der Waals surface area contributed by atoms with Crippen LogP contribution in [0.5, 0.6) is 0 Å². The van der Waals surface area contributed by atoms with Gasteiger partial charge in [-0.15, -0.1) is 0 Å². The molecule has 1 aromatic carbocycles. The first kappa shape index (κ1) is 29.9. The summed E-state index contributed by atoms with van der Waals surface area (Å²) in [7, 11) is 0. The molecule has 5 aliphatic rings. The number of ether oxygens (including phenoxy) is 6. The molecule has 9 heteroatoms. The van der Waals surface area contributed by atoms with Gasteiger partial charge in [-0.25, -0.2) is 0 Å². The third kappa shape index (κ3) is 5.99. The van der Waals surface area contributed by atoms with Crippen molar-refractivity contribution in [3.63, 3.8) is 0 Å². The number of benzene rings is 1. The first-order valence-electron chi connectivity index (χ1n) is 15.6. The normalized spacial score (nSPS) is 47.1. The summed E-state index contributed by atoms with van der Waals surface area (Å²) in [5, 5.41) is 32.2. The van der Waals surface area contributed by atoms with Crippen molar-refractivity contribution in [1.82, 2.24) is 0 Å². The second-order valence-corrected chi connectivity index (χ2v) is 13.7. The number of rotatable bonds is 8. The molecule has 1 spiro atoms. The molecule has 5 heterocycles. The Balaban J connectivity index is 1.14. The van der Waals surface area contributed by atoms with Crippen LogP contribution in [0.15, 0.2) is 30.3 Å². The van der Waals surface area contributed by atoms with Crippen LogP contribution in [0, 0.1) is 5.92 Å². The van der Waals surface area contributed by atoms with Gasteiger partial charge in [-0.3, -0.25) is 0 Å². The number of aliphatic hydroxyl groups is 3. The van der Waals surface area contributed by atoms with Crippen LogP contribution < -0.4 is 0 Å². The summed E-state index contributed by atoms with van der Waals surface area (Å²) in [5.74, 6) is -1.68. The molecule has 0 saturated carbocycles. The third-order valence-electron chi connectivity index (χ3n) is 10.1. The molecule has 6 rings (SSSR count). The van der Waals surface area contributed by atoms with E-state index in [0.29, 0.717) is 45.3 Å². The highest BCUT2D eigenvalue weighted by molar-refractivity contribution is 5.13.